The van der Waals surface area contributed by atoms with Crippen LogP contribution in [0, 0.1) is 5.92 Å². The maximum absolute atomic E-state index is 5.78. The van der Waals surface area contributed by atoms with Crippen LogP contribution in [0.25, 0.3) is 0 Å². The van der Waals surface area contributed by atoms with Crippen molar-refractivity contribution >= 4 is 5.69 Å². The van der Waals surface area contributed by atoms with Crippen LogP contribution >= 0.6 is 0 Å². The number of aryl methyl sites for hydroxylation is 1. The highest BCUT2D eigenvalue weighted by atomic mass is 15.1. The minimum Gasteiger partial charge on any atom is -0.399 e. The van der Waals surface area contributed by atoms with E-state index >= 15 is 0 Å². The molecule has 0 heterocycles. The molecule has 1 rings (SSSR count). The Hall–Kier alpha value is -1.02. The summed E-state index contributed by atoms with van der Waals surface area (Å²) >= 11 is 0. The first-order valence-corrected chi connectivity index (χ1v) is 7.03. The number of nitrogens with zero attached hydrogens (tertiary/aromatic N) is 1. The molecule has 0 saturated carbocycles. The molecule has 2 nitrogen and oxygen atoms in total. The van der Waals surface area contributed by atoms with Crippen molar-refractivity contribution in [1.82, 2.24) is 4.90 Å². The van der Waals surface area contributed by atoms with Crippen molar-refractivity contribution < 1.29 is 0 Å². The molecule has 0 radical (unpaired) electrons. The molecule has 0 aromatic heterocycles. The van der Waals surface area contributed by atoms with E-state index in [4.69, 9.17) is 5.73 Å². The minimum atomic E-state index is 0.672. The summed E-state index contributed by atoms with van der Waals surface area (Å²) in [5, 5.41) is 0. The zero-order chi connectivity index (χ0) is 13.5. The lowest BCUT2D eigenvalue weighted by molar-refractivity contribution is 0.226. The number of hydrogen-bond donors (Lipinski definition) is 1. The quantitative estimate of drug-likeness (QED) is 0.747. The molecule has 0 aliphatic heterocycles. The van der Waals surface area contributed by atoms with Crippen LogP contribution in [-0.2, 0) is 6.42 Å². The average Bonchev–Trinajstić information content (AvgIpc) is 2.28. The Bertz CT molecular complexity index is 347. The van der Waals surface area contributed by atoms with Gasteiger partial charge in [0.05, 0.1) is 0 Å². The highest BCUT2D eigenvalue weighted by Crippen LogP contribution is 2.12. The highest BCUT2D eigenvalue weighted by molar-refractivity contribution is 5.40. The summed E-state index contributed by atoms with van der Waals surface area (Å²) in [6, 6.07) is 8.90. The van der Waals surface area contributed by atoms with E-state index in [1.54, 1.807) is 0 Å². The van der Waals surface area contributed by atoms with Gasteiger partial charge in [-0.25, -0.2) is 0 Å². The fourth-order valence-corrected chi connectivity index (χ4v) is 2.36. The molecule has 0 aliphatic rings. The van der Waals surface area contributed by atoms with E-state index in [0.717, 1.165) is 24.6 Å². The summed E-state index contributed by atoms with van der Waals surface area (Å²) in [6.07, 6.45) is 3.58. The van der Waals surface area contributed by atoms with Crippen LogP contribution in [0.2, 0.25) is 0 Å². The van der Waals surface area contributed by atoms with Gasteiger partial charge in [0.25, 0.3) is 0 Å². The second-order valence-corrected chi connectivity index (χ2v) is 5.81. The molecular formula is C16H28N2. The largest absolute Gasteiger partial charge is 0.399 e. The maximum Gasteiger partial charge on any atom is 0.0316 e. The number of rotatable bonds is 7. The summed E-state index contributed by atoms with van der Waals surface area (Å²) < 4.78 is 0. The lowest BCUT2D eigenvalue weighted by Crippen LogP contribution is -2.31. The van der Waals surface area contributed by atoms with Crippen molar-refractivity contribution in [2.45, 2.75) is 46.1 Å². The van der Waals surface area contributed by atoms with Crippen molar-refractivity contribution in [2.24, 2.45) is 5.92 Å². The van der Waals surface area contributed by atoms with Crippen LogP contribution in [0.3, 0.4) is 0 Å². The van der Waals surface area contributed by atoms with Gasteiger partial charge >= 0.3 is 0 Å². The van der Waals surface area contributed by atoms with Crippen LogP contribution in [0.1, 0.15) is 39.2 Å². The Morgan fingerprint density at radius 1 is 1.22 bits per heavy atom. The molecule has 1 unspecified atom stereocenters. The smallest absolute Gasteiger partial charge is 0.0316 e. The van der Waals surface area contributed by atoms with Crippen molar-refractivity contribution in [1.29, 1.82) is 0 Å². The molecule has 1 aromatic carbocycles. The van der Waals surface area contributed by atoms with Gasteiger partial charge in [0.1, 0.15) is 0 Å². The molecule has 0 saturated heterocycles. The predicted octanol–water partition coefficient (Wildman–Crippen LogP) is 3.57. The van der Waals surface area contributed by atoms with E-state index in [1.165, 1.54) is 18.4 Å². The van der Waals surface area contributed by atoms with Crippen LogP contribution in [0.4, 0.5) is 5.69 Å². The van der Waals surface area contributed by atoms with Crippen molar-refractivity contribution in [3.63, 3.8) is 0 Å². The van der Waals surface area contributed by atoms with Gasteiger partial charge in [-0.05, 0) is 63.4 Å². The van der Waals surface area contributed by atoms with E-state index < -0.39 is 0 Å². The second-order valence-electron chi connectivity index (χ2n) is 5.81. The van der Waals surface area contributed by atoms with Gasteiger partial charge in [0.15, 0.2) is 0 Å². The van der Waals surface area contributed by atoms with Gasteiger partial charge < -0.3 is 10.6 Å². The molecule has 0 fully saturated rings. The Morgan fingerprint density at radius 3 is 2.56 bits per heavy atom. The van der Waals surface area contributed by atoms with Crippen LogP contribution in [0.15, 0.2) is 24.3 Å². The topological polar surface area (TPSA) is 29.3 Å². The molecule has 0 amide bonds. The van der Waals surface area contributed by atoms with Gasteiger partial charge in [0, 0.05) is 11.7 Å². The third-order valence-corrected chi connectivity index (χ3v) is 3.49. The van der Waals surface area contributed by atoms with Gasteiger partial charge in [-0.1, -0.05) is 26.0 Å². The van der Waals surface area contributed by atoms with Crippen molar-refractivity contribution in [3.05, 3.63) is 29.8 Å². The van der Waals surface area contributed by atoms with E-state index in [1.807, 2.05) is 12.1 Å². The number of nitrogens with two attached hydrogens (primary N) is 1. The van der Waals surface area contributed by atoms with E-state index in [9.17, 15) is 0 Å². The number of hydrogen-bond acceptors (Lipinski definition) is 2. The number of anilines is 1. The van der Waals surface area contributed by atoms with Gasteiger partial charge in [-0.2, -0.15) is 0 Å². The number of nitrogen functional groups attached to an aromatic ring is 1. The third-order valence-electron chi connectivity index (χ3n) is 3.49. The van der Waals surface area contributed by atoms with E-state index in [0.29, 0.717) is 6.04 Å². The van der Waals surface area contributed by atoms with E-state index in [-0.39, 0.29) is 0 Å². The lowest BCUT2D eigenvalue weighted by Gasteiger charge is -2.26. The molecule has 0 aliphatic carbocycles. The molecule has 1 aromatic rings. The predicted molar refractivity (Wildman–Crippen MR) is 80.7 cm³/mol. The standard InChI is InChI=1S/C16H28N2/c1-13(2)11-14(3)18(4)10-6-8-15-7-5-9-16(17)12-15/h5,7,9,12-14H,6,8,10-11,17H2,1-4H3. The normalized spacial score (nSPS) is 13.2. The monoisotopic (exact) mass is 248 g/mol. The van der Waals surface area contributed by atoms with Gasteiger partial charge in [0.2, 0.25) is 0 Å². The lowest BCUT2D eigenvalue weighted by atomic mass is 10.0. The zero-order valence-corrected chi connectivity index (χ0v) is 12.3. The Morgan fingerprint density at radius 2 is 1.94 bits per heavy atom. The molecule has 2 heteroatoms. The Balaban J connectivity index is 2.29. The summed E-state index contributed by atoms with van der Waals surface area (Å²) in [6.45, 7) is 8.05. The number of benzene rings is 1. The van der Waals surface area contributed by atoms with Crippen molar-refractivity contribution in [2.75, 3.05) is 19.3 Å². The van der Waals surface area contributed by atoms with Gasteiger partial charge in [-0.3, -0.25) is 0 Å². The summed E-state index contributed by atoms with van der Waals surface area (Å²) in [5.74, 6) is 0.774. The minimum absolute atomic E-state index is 0.672. The molecule has 102 valence electrons. The first-order chi connectivity index (χ1) is 8.49. The summed E-state index contributed by atoms with van der Waals surface area (Å²) in [5.41, 5.74) is 8.00. The maximum atomic E-state index is 5.78. The third kappa shape index (κ3) is 5.54. The Labute approximate surface area is 112 Å². The highest BCUT2D eigenvalue weighted by Gasteiger charge is 2.10. The summed E-state index contributed by atoms with van der Waals surface area (Å²) in [7, 11) is 2.23. The van der Waals surface area contributed by atoms with Crippen molar-refractivity contribution in [3.8, 4) is 0 Å². The molecule has 1 atom stereocenters. The first kappa shape index (κ1) is 15.0. The second kappa shape index (κ2) is 7.42. The first-order valence-electron chi connectivity index (χ1n) is 7.03. The molecular weight excluding hydrogens is 220 g/mol. The molecule has 0 bridgehead atoms. The summed E-state index contributed by atoms with van der Waals surface area (Å²) in [4.78, 5) is 2.46. The van der Waals surface area contributed by atoms with Crippen LogP contribution < -0.4 is 5.73 Å². The van der Waals surface area contributed by atoms with E-state index in [2.05, 4.69) is 44.9 Å². The van der Waals surface area contributed by atoms with Crippen LogP contribution in [0.5, 0.6) is 0 Å². The van der Waals surface area contributed by atoms with Crippen LogP contribution in [-0.4, -0.2) is 24.5 Å². The Kier molecular flexibility index (Phi) is 6.20. The fraction of sp³-hybridized carbons (Fsp3) is 0.625. The molecule has 18 heavy (non-hydrogen) atoms. The molecule has 0 spiro atoms. The molecule has 2 N–H and O–H groups in total. The fourth-order valence-electron chi connectivity index (χ4n) is 2.36. The SMILES string of the molecule is CC(C)CC(C)N(C)CCCc1cccc(N)c1. The van der Waals surface area contributed by atoms with Gasteiger partial charge in [-0.15, -0.1) is 0 Å². The zero-order valence-electron chi connectivity index (χ0n) is 12.3. The average molecular weight is 248 g/mol.